The van der Waals surface area contributed by atoms with E-state index >= 15 is 0 Å². The zero-order chi connectivity index (χ0) is 15.5. The summed E-state index contributed by atoms with van der Waals surface area (Å²) >= 11 is 0. The van der Waals surface area contributed by atoms with Crippen molar-refractivity contribution >= 4 is 22.4 Å². The van der Waals surface area contributed by atoms with Crippen LogP contribution in [0.4, 0.5) is 5.69 Å². The molecule has 6 heteroatoms. The van der Waals surface area contributed by atoms with Gasteiger partial charge in [0.25, 0.3) is 5.56 Å². The molecule has 1 N–H and O–H groups in total. The number of pyridine rings is 1. The maximum atomic E-state index is 12.2. The maximum absolute atomic E-state index is 12.2. The molecule has 0 aliphatic heterocycles. The van der Waals surface area contributed by atoms with Gasteiger partial charge in [0.2, 0.25) is 5.91 Å². The second kappa shape index (κ2) is 5.77. The highest BCUT2D eigenvalue weighted by Crippen LogP contribution is 2.14. The number of nitrogens with zero attached hydrogens (tertiary/aromatic N) is 3. The summed E-state index contributed by atoms with van der Waals surface area (Å²) in [6, 6.07) is 10.6. The van der Waals surface area contributed by atoms with Gasteiger partial charge in [-0.25, -0.2) is 4.68 Å². The monoisotopic (exact) mass is 294 g/mol. The molecule has 1 aromatic carbocycles. The van der Waals surface area contributed by atoms with Crippen molar-refractivity contribution in [3.8, 4) is 0 Å². The van der Waals surface area contributed by atoms with Gasteiger partial charge in [0.15, 0.2) is 0 Å². The molecule has 1 amide bonds. The van der Waals surface area contributed by atoms with Crippen molar-refractivity contribution in [3.63, 3.8) is 0 Å². The van der Waals surface area contributed by atoms with Crippen LogP contribution in [0.1, 0.15) is 5.69 Å². The molecule has 0 radical (unpaired) electrons. The largest absolute Gasteiger partial charge is 0.326 e. The number of anilines is 1. The fourth-order valence-electron chi connectivity index (χ4n) is 2.30. The van der Waals surface area contributed by atoms with Crippen LogP contribution in [0, 0.1) is 0 Å². The molecule has 2 heterocycles. The van der Waals surface area contributed by atoms with E-state index in [1.165, 1.54) is 4.68 Å². The highest BCUT2D eigenvalue weighted by atomic mass is 16.1. The van der Waals surface area contributed by atoms with Crippen molar-refractivity contribution in [1.29, 1.82) is 0 Å². The van der Waals surface area contributed by atoms with E-state index in [1.54, 1.807) is 49.8 Å². The summed E-state index contributed by atoms with van der Waals surface area (Å²) in [5, 5.41) is 8.26. The minimum atomic E-state index is -0.192. The van der Waals surface area contributed by atoms with Crippen LogP contribution in [0.5, 0.6) is 0 Å². The van der Waals surface area contributed by atoms with E-state index in [2.05, 4.69) is 15.4 Å². The maximum Gasteiger partial charge on any atom is 0.274 e. The van der Waals surface area contributed by atoms with Crippen molar-refractivity contribution in [2.45, 2.75) is 6.42 Å². The number of carbonyl (C=O) groups excluding carboxylic acids is 1. The Kier molecular flexibility index (Phi) is 3.65. The number of nitrogens with one attached hydrogen (secondary N) is 1. The Bertz CT molecular complexity index is 888. The fourth-order valence-corrected chi connectivity index (χ4v) is 2.30. The van der Waals surface area contributed by atoms with Crippen molar-refractivity contribution in [2.24, 2.45) is 7.05 Å². The van der Waals surface area contributed by atoms with E-state index in [1.807, 2.05) is 6.07 Å². The summed E-state index contributed by atoms with van der Waals surface area (Å²) < 4.78 is 1.26. The van der Waals surface area contributed by atoms with Crippen LogP contribution in [0.25, 0.3) is 10.8 Å². The molecular weight excluding hydrogens is 280 g/mol. The lowest BCUT2D eigenvalue weighted by molar-refractivity contribution is -0.115. The second-order valence-corrected chi connectivity index (χ2v) is 4.88. The summed E-state index contributed by atoms with van der Waals surface area (Å²) in [4.78, 5) is 28.1. The topological polar surface area (TPSA) is 76.9 Å². The lowest BCUT2D eigenvalue weighted by Gasteiger charge is -2.08. The minimum Gasteiger partial charge on any atom is -0.326 e. The number of hydrogen-bond acceptors (Lipinski definition) is 4. The minimum absolute atomic E-state index is 0.0942. The fraction of sp³-hybridized carbons (Fsp3) is 0.125. The number of carbonyl (C=O) groups is 1. The zero-order valence-electron chi connectivity index (χ0n) is 12.0. The lowest BCUT2D eigenvalue weighted by Crippen LogP contribution is -2.24. The summed E-state index contributed by atoms with van der Waals surface area (Å²) in [7, 11) is 1.58. The van der Waals surface area contributed by atoms with Gasteiger partial charge in [0, 0.05) is 30.5 Å². The number of amides is 1. The Balaban J connectivity index is 1.92. The summed E-state index contributed by atoms with van der Waals surface area (Å²) in [6.07, 6.45) is 3.31. The molecule has 3 aromatic rings. The van der Waals surface area contributed by atoms with Crippen molar-refractivity contribution < 1.29 is 4.79 Å². The van der Waals surface area contributed by atoms with Crippen LogP contribution in [0.3, 0.4) is 0 Å². The molecule has 6 nitrogen and oxygen atoms in total. The Labute approximate surface area is 126 Å². The predicted molar refractivity (Wildman–Crippen MR) is 83.6 cm³/mol. The van der Waals surface area contributed by atoms with E-state index < -0.39 is 0 Å². The standard InChI is InChI=1S/C16H14N4O2/c1-20-16(22)13-5-3-2-4-12(13)14(19-20)10-15(21)18-11-6-8-17-9-7-11/h2-9H,10H2,1H3,(H,17,18,21). The molecule has 0 atom stereocenters. The quantitative estimate of drug-likeness (QED) is 0.794. The van der Waals surface area contributed by atoms with Crippen LogP contribution < -0.4 is 10.9 Å². The van der Waals surface area contributed by atoms with E-state index in [9.17, 15) is 9.59 Å². The number of hydrogen-bond donors (Lipinski definition) is 1. The molecule has 0 bridgehead atoms. The van der Waals surface area contributed by atoms with Crippen molar-refractivity contribution in [3.05, 3.63) is 64.8 Å². The van der Waals surface area contributed by atoms with Gasteiger partial charge in [-0.3, -0.25) is 14.6 Å². The average molecular weight is 294 g/mol. The summed E-state index contributed by atoms with van der Waals surface area (Å²) in [6.45, 7) is 0. The highest BCUT2D eigenvalue weighted by Gasteiger charge is 2.12. The Morgan fingerprint density at radius 3 is 2.55 bits per heavy atom. The first-order chi connectivity index (χ1) is 10.6. The number of aryl methyl sites for hydroxylation is 1. The van der Waals surface area contributed by atoms with E-state index in [0.717, 1.165) is 0 Å². The van der Waals surface area contributed by atoms with Gasteiger partial charge >= 0.3 is 0 Å². The molecule has 0 aliphatic rings. The molecule has 110 valence electrons. The molecule has 3 rings (SSSR count). The van der Waals surface area contributed by atoms with Gasteiger partial charge in [0.1, 0.15) is 0 Å². The predicted octanol–water partition coefficient (Wildman–Crippen LogP) is 1.51. The molecule has 2 aromatic heterocycles. The third kappa shape index (κ3) is 2.71. The first-order valence-corrected chi connectivity index (χ1v) is 6.80. The Morgan fingerprint density at radius 1 is 1.14 bits per heavy atom. The number of rotatable bonds is 3. The first-order valence-electron chi connectivity index (χ1n) is 6.80. The molecule has 22 heavy (non-hydrogen) atoms. The van der Waals surface area contributed by atoms with E-state index in [4.69, 9.17) is 0 Å². The van der Waals surface area contributed by atoms with Crippen LogP contribution >= 0.6 is 0 Å². The van der Waals surface area contributed by atoms with E-state index in [-0.39, 0.29) is 17.9 Å². The number of benzene rings is 1. The summed E-state index contributed by atoms with van der Waals surface area (Å²) in [5.41, 5.74) is 1.08. The molecule has 0 saturated heterocycles. The first kappa shape index (κ1) is 13.9. The molecule has 0 saturated carbocycles. The molecule has 0 spiro atoms. The van der Waals surface area contributed by atoms with Crippen molar-refractivity contribution in [1.82, 2.24) is 14.8 Å². The Hall–Kier alpha value is -3.02. The molecule has 0 fully saturated rings. The van der Waals surface area contributed by atoms with Crippen LogP contribution in [-0.4, -0.2) is 20.7 Å². The van der Waals surface area contributed by atoms with Crippen LogP contribution in [0.2, 0.25) is 0 Å². The molecular formula is C16H14N4O2. The third-order valence-corrected chi connectivity index (χ3v) is 3.33. The average Bonchev–Trinajstić information content (AvgIpc) is 2.53. The normalized spacial score (nSPS) is 10.6. The number of fused-ring (bicyclic) bond motifs is 1. The Morgan fingerprint density at radius 2 is 1.82 bits per heavy atom. The van der Waals surface area contributed by atoms with Gasteiger partial charge < -0.3 is 5.32 Å². The third-order valence-electron chi connectivity index (χ3n) is 3.33. The lowest BCUT2D eigenvalue weighted by atomic mass is 10.1. The second-order valence-electron chi connectivity index (χ2n) is 4.88. The summed E-state index contributed by atoms with van der Waals surface area (Å²) in [5.74, 6) is -0.192. The smallest absolute Gasteiger partial charge is 0.274 e. The number of aromatic nitrogens is 3. The highest BCUT2D eigenvalue weighted by molar-refractivity contribution is 5.95. The van der Waals surface area contributed by atoms with Crippen molar-refractivity contribution in [2.75, 3.05) is 5.32 Å². The van der Waals surface area contributed by atoms with Gasteiger partial charge in [0.05, 0.1) is 17.5 Å². The molecule has 0 aliphatic carbocycles. The zero-order valence-corrected chi connectivity index (χ0v) is 12.0. The van der Waals surface area contributed by atoms with Crippen LogP contribution in [0.15, 0.2) is 53.6 Å². The van der Waals surface area contributed by atoms with Gasteiger partial charge in [-0.1, -0.05) is 18.2 Å². The van der Waals surface area contributed by atoms with Crippen LogP contribution in [-0.2, 0) is 18.3 Å². The molecule has 0 unspecified atom stereocenters. The van der Waals surface area contributed by atoms with Gasteiger partial charge in [-0.2, -0.15) is 5.10 Å². The SMILES string of the molecule is Cn1nc(CC(=O)Nc2ccncc2)c2ccccc2c1=O. The van der Waals surface area contributed by atoms with Gasteiger partial charge in [-0.15, -0.1) is 0 Å². The van der Waals surface area contributed by atoms with E-state index in [0.29, 0.717) is 22.2 Å². The van der Waals surface area contributed by atoms with Gasteiger partial charge in [-0.05, 0) is 18.2 Å².